The van der Waals surface area contributed by atoms with Crippen LogP contribution in [0.15, 0.2) is 28.7 Å². The largest absolute Gasteiger partial charge is 0.462 e. The van der Waals surface area contributed by atoms with E-state index in [1.807, 2.05) is 45.0 Å². The number of benzene rings is 1. The number of carbonyl (C=O) groups excluding carboxylic acids is 2. The van der Waals surface area contributed by atoms with E-state index in [-0.39, 0.29) is 36.0 Å². The normalized spacial score (nSPS) is 34.5. The minimum atomic E-state index is -0.239. The van der Waals surface area contributed by atoms with E-state index >= 15 is 0 Å². The average Bonchev–Trinajstić information content (AvgIpc) is 2.69. The summed E-state index contributed by atoms with van der Waals surface area (Å²) in [5, 5.41) is 0. The van der Waals surface area contributed by atoms with E-state index in [0.29, 0.717) is 23.7 Å². The van der Waals surface area contributed by atoms with Crippen molar-refractivity contribution in [2.24, 2.45) is 35.5 Å². The summed E-state index contributed by atoms with van der Waals surface area (Å²) in [7, 11) is 0. The maximum Gasteiger partial charge on any atom is 0.310 e. The molecular formula is C24H31BrO4. The number of esters is 2. The van der Waals surface area contributed by atoms with Crippen molar-refractivity contribution in [1.29, 1.82) is 0 Å². The molecule has 158 valence electrons. The lowest BCUT2D eigenvalue weighted by Gasteiger charge is -2.56. The molecule has 0 aromatic heterocycles. The fraction of sp³-hybridized carbons (Fsp3) is 0.667. The highest BCUT2D eigenvalue weighted by molar-refractivity contribution is 9.10. The second-order valence-electron chi connectivity index (χ2n) is 9.35. The molecule has 4 aliphatic rings. The highest BCUT2D eigenvalue weighted by Gasteiger charge is 2.56. The summed E-state index contributed by atoms with van der Waals surface area (Å²) >= 11 is 3.44. The summed E-state index contributed by atoms with van der Waals surface area (Å²) in [4.78, 5) is 25.4. The van der Waals surface area contributed by atoms with Gasteiger partial charge in [0.05, 0.1) is 11.8 Å². The first kappa shape index (κ1) is 20.9. The lowest BCUT2D eigenvalue weighted by atomic mass is 9.50. The van der Waals surface area contributed by atoms with Crippen LogP contribution < -0.4 is 0 Å². The zero-order valence-corrected chi connectivity index (χ0v) is 19.1. The smallest absolute Gasteiger partial charge is 0.310 e. The van der Waals surface area contributed by atoms with Crippen LogP contribution in [0.1, 0.15) is 64.5 Å². The van der Waals surface area contributed by atoms with Crippen LogP contribution in [0.4, 0.5) is 0 Å². The van der Waals surface area contributed by atoms with Crippen molar-refractivity contribution in [3.63, 3.8) is 0 Å². The Balaban J connectivity index is 1.38. The third-order valence-corrected chi connectivity index (χ3v) is 8.07. The first-order valence-electron chi connectivity index (χ1n) is 11.0. The summed E-state index contributed by atoms with van der Waals surface area (Å²) in [5.74, 6) is 1.46. The molecule has 0 amide bonds. The number of halogens is 1. The Bertz CT molecular complexity index is 729. The van der Waals surface area contributed by atoms with Crippen molar-refractivity contribution >= 4 is 27.9 Å². The van der Waals surface area contributed by atoms with Crippen LogP contribution in [-0.2, 0) is 19.1 Å². The minimum absolute atomic E-state index is 0.00613. The van der Waals surface area contributed by atoms with Crippen LogP contribution in [0.3, 0.4) is 0 Å². The standard InChI is InChI=1S/C24H31BrO4/c1-4-13(2)23(26)29-22-18-9-16-10-19(22)12-17(11-18)21(16)24(27)28-14(3)15-5-7-20(25)8-6-15/h5-8,13-14,16-19,21-22H,4,9-12H2,1-3H3. The first-order valence-corrected chi connectivity index (χ1v) is 11.8. The molecule has 2 unspecified atom stereocenters. The summed E-state index contributed by atoms with van der Waals surface area (Å²) in [5.41, 5.74) is 1.02. The molecule has 0 radical (unpaired) electrons. The second-order valence-corrected chi connectivity index (χ2v) is 10.3. The van der Waals surface area contributed by atoms with E-state index in [1.54, 1.807) is 0 Å². The molecular weight excluding hydrogens is 432 g/mol. The number of carbonyl (C=O) groups is 2. The fourth-order valence-corrected chi connectivity index (χ4v) is 6.15. The summed E-state index contributed by atoms with van der Waals surface area (Å²) in [6, 6.07) is 7.94. The van der Waals surface area contributed by atoms with E-state index < -0.39 is 0 Å². The van der Waals surface area contributed by atoms with E-state index in [4.69, 9.17) is 9.47 Å². The van der Waals surface area contributed by atoms with Gasteiger partial charge in [-0.05, 0) is 80.4 Å². The van der Waals surface area contributed by atoms with Crippen LogP contribution in [0.25, 0.3) is 0 Å². The Morgan fingerprint density at radius 3 is 2.07 bits per heavy atom. The zero-order valence-electron chi connectivity index (χ0n) is 17.5. The molecule has 0 aliphatic heterocycles. The molecule has 0 saturated heterocycles. The van der Waals surface area contributed by atoms with Crippen LogP contribution in [0, 0.1) is 35.5 Å². The van der Waals surface area contributed by atoms with Crippen molar-refractivity contribution in [2.45, 2.75) is 65.1 Å². The van der Waals surface area contributed by atoms with Gasteiger partial charge in [0.2, 0.25) is 0 Å². The molecule has 4 saturated carbocycles. The molecule has 0 spiro atoms. The maximum absolute atomic E-state index is 13.1. The van der Waals surface area contributed by atoms with E-state index in [2.05, 4.69) is 15.9 Å². The van der Waals surface area contributed by atoms with Crippen molar-refractivity contribution in [1.82, 2.24) is 0 Å². The lowest BCUT2D eigenvalue weighted by Crippen LogP contribution is -2.56. The van der Waals surface area contributed by atoms with Gasteiger partial charge in [0.25, 0.3) is 0 Å². The molecule has 4 fully saturated rings. The van der Waals surface area contributed by atoms with Gasteiger partial charge < -0.3 is 9.47 Å². The number of hydrogen-bond donors (Lipinski definition) is 0. The Hall–Kier alpha value is -1.36. The van der Waals surface area contributed by atoms with Crippen molar-refractivity contribution in [3.8, 4) is 0 Å². The number of rotatable bonds is 6. The van der Waals surface area contributed by atoms with Gasteiger partial charge in [-0.2, -0.15) is 0 Å². The van der Waals surface area contributed by atoms with Gasteiger partial charge in [-0.1, -0.05) is 41.9 Å². The highest BCUT2D eigenvalue weighted by atomic mass is 79.9. The molecule has 2 atom stereocenters. The Morgan fingerprint density at radius 1 is 1.00 bits per heavy atom. The Morgan fingerprint density at radius 2 is 1.55 bits per heavy atom. The van der Waals surface area contributed by atoms with E-state index in [1.165, 1.54) is 0 Å². The van der Waals surface area contributed by atoms with Crippen molar-refractivity contribution < 1.29 is 19.1 Å². The molecule has 5 heteroatoms. The SMILES string of the molecule is CCC(C)C(=O)OC1C2CC3CC1CC(C2)C3C(=O)OC(C)c1ccc(Br)cc1. The number of ether oxygens (including phenoxy) is 2. The lowest BCUT2D eigenvalue weighted by molar-refractivity contribution is -0.191. The Labute approximate surface area is 181 Å². The predicted octanol–water partition coefficient (Wildman–Crippen LogP) is 5.69. The van der Waals surface area contributed by atoms with Gasteiger partial charge in [0.1, 0.15) is 12.2 Å². The van der Waals surface area contributed by atoms with Gasteiger partial charge >= 0.3 is 11.9 Å². The molecule has 4 bridgehead atoms. The third-order valence-electron chi connectivity index (χ3n) is 7.54. The minimum Gasteiger partial charge on any atom is -0.462 e. The topological polar surface area (TPSA) is 52.6 Å². The van der Waals surface area contributed by atoms with Crippen molar-refractivity contribution in [3.05, 3.63) is 34.3 Å². The van der Waals surface area contributed by atoms with Crippen LogP contribution in [-0.4, -0.2) is 18.0 Å². The first-order chi connectivity index (χ1) is 13.9. The van der Waals surface area contributed by atoms with Crippen molar-refractivity contribution in [2.75, 3.05) is 0 Å². The molecule has 1 aromatic rings. The van der Waals surface area contributed by atoms with Crippen LogP contribution in [0.2, 0.25) is 0 Å². The number of hydrogen-bond acceptors (Lipinski definition) is 4. The Kier molecular flexibility index (Phi) is 6.06. The second kappa shape index (κ2) is 8.41. The van der Waals surface area contributed by atoms with E-state index in [0.717, 1.165) is 42.1 Å². The quantitative estimate of drug-likeness (QED) is 0.509. The molecule has 5 rings (SSSR count). The fourth-order valence-electron chi connectivity index (χ4n) is 5.88. The monoisotopic (exact) mass is 462 g/mol. The van der Waals surface area contributed by atoms with Crippen LogP contribution in [0.5, 0.6) is 0 Å². The summed E-state index contributed by atoms with van der Waals surface area (Å²) in [6.07, 6.45) is 4.57. The predicted molar refractivity (Wildman–Crippen MR) is 114 cm³/mol. The van der Waals surface area contributed by atoms with E-state index in [9.17, 15) is 9.59 Å². The van der Waals surface area contributed by atoms with Gasteiger partial charge in [0.15, 0.2) is 0 Å². The summed E-state index contributed by atoms with van der Waals surface area (Å²) < 4.78 is 12.9. The van der Waals surface area contributed by atoms with Gasteiger partial charge in [0, 0.05) is 4.47 Å². The molecule has 0 N–H and O–H groups in total. The summed E-state index contributed by atoms with van der Waals surface area (Å²) in [6.45, 7) is 5.91. The molecule has 1 aromatic carbocycles. The molecule has 29 heavy (non-hydrogen) atoms. The third kappa shape index (κ3) is 4.12. The molecule has 4 nitrogen and oxygen atoms in total. The van der Waals surface area contributed by atoms with Crippen LogP contribution >= 0.6 is 15.9 Å². The molecule has 4 aliphatic carbocycles. The van der Waals surface area contributed by atoms with Gasteiger partial charge in [-0.3, -0.25) is 9.59 Å². The highest BCUT2D eigenvalue weighted by Crippen LogP contribution is 2.58. The maximum atomic E-state index is 13.1. The van der Waals surface area contributed by atoms with Gasteiger partial charge in [-0.15, -0.1) is 0 Å². The zero-order chi connectivity index (χ0) is 20.7. The van der Waals surface area contributed by atoms with Gasteiger partial charge in [-0.25, -0.2) is 0 Å². The molecule has 0 heterocycles. The average molecular weight is 463 g/mol.